The van der Waals surface area contributed by atoms with E-state index in [1.54, 1.807) is 6.21 Å². The summed E-state index contributed by atoms with van der Waals surface area (Å²) in [5, 5.41) is 18.8. The molecular formula is C25H40N4O4. The Morgan fingerprint density at radius 3 is 2.30 bits per heavy atom. The zero-order valence-corrected chi connectivity index (χ0v) is 20.2. The van der Waals surface area contributed by atoms with Crippen LogP contribution in [-0.4, -0.2) is 42.3 Å². The van der Waals surface area contributed by atoms with Gasteiger partial charge in [-0.2, -0.15) is 0 Å². The number of anilines is 1. The lowest BCUT2D eigenvalue weighted by Crippen LogP contribution is -2.21. The Bertz CT molecular complexity index is 819. The number of aliphatic hydroxyl groups is 1. The number of urea groups is 1. The van der Waals surface area contributed by atoms with Gasteiger partial charge in [0.05, 0.1) is 12.8 Å². The lowest BCUT2D eigenvalue weighted by molar-refractivity contribution is 0.172. The van der Waals surface area contributed by atoms with E-state index in [1.807, 2.05) is 6.92 Å². The number of hydrogen-bond donors (Lipinski definition) is 5. The molecule has 184 valence electrons. The Labute approximate surface area is 197 Å². The van der Waals surface area contributed by atoms with E-state index < -0.39 is 6.03 Å². The molecule has 8 nitrogen and oxygen atoms in total. The SMILES string of the molecule is CCC1CCCCO/C(C)=C(\NO)C=N1.CO.NC(=O)Nc1c2c(cc3c1CCC3)CCC2. The second-order valence-electron chi connectivity index (χ2n) is 8.49. The number of fused-ring (bicyclic) bond motifs is 2. The highest BCUT2D eigenvalue weighted by atomic mass is 16.5. The van der Waals surface area contributed by atoms with Gasteiger partial charge in [-0.05, 0) is 93.4 Å². The minimum Gasteiger partial charge on any atom is -0.496 e. The largest absolute Gasteiger partial charge is 0.496 e. The second kappa shape index (κ2) is 13.9. The quantitative estimate of drug-likeness (QED) is 0.435. The van der Waals surface area contributed by atoms with Crippen LogP contribution in [0.15, 0.2) is 22.5 Å². The van der Waals surface area contributed by atoms with Crippen molar-refractivity contribution in [3.8, 4) is 0 Å². The standard InChI is InChI=1S/C13H16N2O.C11H20N2O2.CH4O/c14-13(16)15-12-10-5-1-3-8(10)7-9-4-2-6-11(9)12;1-3-10-6-4-5-7-15-9(2)11(13-14)8-12-10;1-2/h7H,1-6H2,(H3,14,15,16);8,10,13-14H,3-7H2,1-2H3;2H,1H3/b;11-9-,12-8?;. The Kier molecular flexibility index (Phi) is 11.2. The maximum absolute atomic E-state index is 11.1. The van der Waals surface area contributed by atoms with Crippen molar-refractivity contribution in [2.75, 3.05) is 19.0 Å². The number of nitrogens with one attached hydrogen (secondary N) is 2. The number of benzene rings is 1. The van der Waals surface area contributed by atoms with Crippen LogP contribution in [0.3, 0.4) is 0 Å². The molecule has 1 aromatic carbocycles. The molecule has 0 bridgehead atoms. The molecule has 0 spiro atoms. The van der Waals surface area contributed by atoms with Crippen LogP contribution in [0.5, 0.6) is 0 Å². The van der Waals surface area contributed by atoms with Crippen LogP contribution >= 0.6 is 0 Å². The number of aryl methyl sites for hydroxylation is 2. The molecule has 33 heavy (non-hydrogen) atoms. The summed E-state index contributed by atoms with van der Waals surface area (Å²) in [5.74, 6) is 0.693. The highest BCUT2D eigenvalue weighted by molar-refractivity contribution is 5.90. The maximum atomic E-state index is 11.1. The number of hydroxylamine groups is 1. The maximum Gasteiger partial charge on any atom is 0.316 e. The number of ether oxygens (including phenoxy) is 1. The zero-order chi connectivity index (χ0) is 24.2. The minimum absolute atomic E-state index is 0.360. The molecule has 1 heterocycles. The molecule has 1 unspecified atom stereocenters. The number of nitrogens with two attached hydrogens (primary N) is 1. The first kappa shape index (κ1) is 26.7. The van der Waals surface area contributed by atoms with Gasteiger partial charge < -0.3 is 20.9 Å². The number of rotatable bonds is 3. The van der Waals surface area contributed by atoms with Gasteiger partial charge >= 0.3 is 6.03 Å². The minimum atomic E-state index is -0.436. The van der Waals surface area contributed by atoms with E-state index in [4.69, 9.17) is 20.8 Å². The van der Waals surface area contributed by atoms with E-state index in [1.165, 1.54) is 35.1 Å². The Balaban J connectivity index is 0.000000218. The lowest BCUT2D eigenvalue weighted by Gasteiger charge is -2.14. The van der Waals surface area contributed by atoms with Gasteiger partial charge in [0.15, 0.2) is 0 Å². The average molecular weight is 461 g/mol. The second-order valence-corrected chi connectivity index (χ2v) is 8.49. The van der Waals surface area contributed by atoms with Crippen molar-refractivity contribution in [3.63, 3.8) is 0 Å². The number of aliphatic hydroxyl groups excluding tert-OH is 1. The Hall–Kier alpha value is -2.58. The highest BCUT2D eigenvalue weighted by Crippen LogP contribution is 2.38. The Morgan fingerprint density at radius 1 is 1.12 bits per heavy atom. The molecule has 8 heteroatoms. The number of primary amides is 1. The summed E-state index contributed by atoms with van der Waals surface area (Å²) in [7, 11) is 1.00. The molecule has 1 aliphatic heterocycles. The molecule has 0 saturated carbocycles. The zero-order valence-electron chi connectivity index (χ0n) is 20.2. The molecule has 4 rings (SSSR count). The lowest BCUT2D eigenvalue weighted by atomic mass is 9.99. The summed E-state index contributed by atoms with van der Waals surface area (Å²) in [5.41, 5.74) is 14.5. The van der Waals surface area contributed by atoms with E-state index >= 15 is 0 Å². The summed E-state index contributed by atoms with van der Waals surface area (Å²) in [6.45, 7) is 4.67. The number of carbonyl (C=O) groups is 1. The van der Waals surface area contributed by atoms with Crippen molar-refractivity contribution in [2.24, 2.45) is 10.7 Å². The van der Waals surface area contributed by atoms with Crippen LogP contribution in [0, 0.1) is 0 Å². The van der Waals surface area contributed by atoms with E-state index in [-0.39, 0.29) is 0 Å². The molecule has 0 aromatic heterocycles. The fraction of sp³-hybridized carbons (Fsp3) is 0.600. The molecule has 0 saturated heterocycles. The predicted octanol–water partition coefficient (Wildman–Crippen LogP) is 4.01. The number of allylic oxidation sites excluding steroid dienone is 2. The van der Waals surface area contributed by atoms with Crippen molar-refractivity contribution in [2.45, 2.75) is 84.1 Å². The third-order valence-corrected chi connectivity index (χ3v) is 6.36. The smallest absolute Gasteiger partial charge is 0.316 e. The van der Waals surface area contributed by atoms with Crippen LogP contribution in [0.25, 0.3) is 0 Å². The van der Waals surface area contributed by atoms with Gasteiger partial charge in [0.25, 0.3) is 0 Å². The summed E-state index contributed by atoms with van der Waals surface area (Å²) in [6.07, 6.45) is 12.8. The normalized spacial score (nSPS) is 21.3. The Morgan fingerprint density at radius 2 is 1.76 bits per heavy atom. The number of nitrogens with zero attached hydrogens (tertiary/aromatic N) is 1. The van der Waals surface area contributed by atoms with Crippen LogP contribution in [0.1, 0.15) is 74.6 Å². The van der Waals surface area contributed by atoms with Crippen molar-refractivity contribution >= 4 is 17.9 Å². The molecule has 6 N–H and O–H groups in total. The molecule has 2 aliphatic carbocycles. The number of hydrogen-bond acceptors (Lipinski definition) is 6. The van der Waals surface area contributed by atoms with E-state index in [2.05, 4.69) is 28.8 Å². The van der Waals surface area contributed by atoms with Gasteiger partial charge in [-0.1, -0.05) is 13.0 Å². The number of carbonyl (C=O) groups excluding carboxylic acids is 1. The molecule has 1 aromatic rings. The highest BCUT2D eigenvalue weighted by Gasteiger charge is 2.24. The molecule has 1 atom stereocenters. The van der Waals surface area contributed by atoms with Crippen LogP contribution < -0.4 is 16.5 Å². The van der Waals surface area contributed by atoms with Crippen LogP contribution in [-0.2, 0) is 30.4 Å². The molecule has 0 fully saturated rings. The summed E-state index contributed by atoms with van der Waals surface area (Å²) < 4.78 is 5.46. The number of amides is 2. The monoisotopic (exact) mass is 460 g/mol. The topological polar surface area (TPSA) is 129 Å². The van der Waals surface area contributed by atoms with E-state index in [9.17, 15) is 4.79 Å². The van der Waals surface area contributed by atoms with Crippen molar-refractivity contribution in [1.29, 1.82) is 0 Å². The van der Waals surface area contributed by atoms with Gasteiger partial charge in [0.2, 0.25) is 0 Å². The van der Waals surface area contributed by atoms with Gasteiger partial charge in [-0.3, -0.25) is 15.7 Å². The van der Waals surface area contributed by atoms with Crippen molar-refractivity contribution in [3.05, 3.63) is 39.8 Å². The van der Waals surface area contributed by atoms with Gasteiger partial charge in [-0.25, -0.2) is 4.79 Å². The van der Waals surface area contributed by atoms with Gasteiger partial charge in [0.1, 0.15) is 11.5 Å². The fourth-order valence-corrected chi connectivity index (χ4v) is 4.64. The van der Waals surface area contributed by atoms with Gasteiger partial charge in [0, 0.05) is 18.8 Å². The van der Waals surface area contributed by atoms with Crippen LogP contribution in [0.2, 0.25) is 0 Å². The first-order valence-electron chi connectivity index (χ1n) is 12.0. The van der Waals surface area contributed by atoms with E-state index in [0.29, 0.717) is 24.1 Å². The third-order valence-electron chi connectivity index (χ3n) is 6.36. The molecule has 3 aliphatic rings. The van der Waals surface area contributed by atoms with Crippen LogP contribution in [0.4, 0.5) is 10.5 Å². The predicted molar refractivity (Wildman–Crippen MR) is 132 cm³/mol. The van der Waals surface area contributed by atoms with Crippen molar-refractivity contribution < 1.29 is 19.8 Å². The van der Waals surface area contributed by atoms with E-state index in [0.717, 1.165) is 64.2 Å². The third kappa shape index (κ3) is 7.47. The van der Waals surface area contributed by atoms with Crippen molar-refractivity contribution in [1.82, 2.24) is 5.48 Å². The summed E-state index contributed by atoms with van der Waals surface area (Å²) in [6, 6.07) is 2.27. The molecule has 2 amide bonds. The molecule has 0 radical (unpaired) electrons. The van der Waals surface area contributed by atoms with Gasteiger partial charge in [-0.15, -0.1) is 0 Å². The summed E-state index contributed by atoms with van der Waals surface area (Å²) >= 11 is 0. The average Bonchev–Trinajstić information content (AvgIpc) is 3.49. The first-order chi connectivity index (χ1) is 16.0. The first-order valence-corrected chi connectivity index (χ1v) is 12.0. The fourth-order valence-electron chi connectivity index (χ4n) is 4.64. The molecular weight excluding hydrogens is 420 g/mol. The number of aliphatic imine (C=N–C) groups is 1. The summed E-state index contributed by atoms with van der Waals surface area (Å²) in [4.78, 5) is 15.5.